The molecule has 3 aromatic rings. The van der Waals surface area contributed by atoms with Crippen molar-refractivity contribution in [1.82, 2.24) is 10.6 Å². The first-order valence-corrected chi connectivity index (χ1v) is 10.7. The van der Waals surface area contributed by atoms with E-state index in [1.807, 2.05) is 60.7 Å². The van der Waals surface area contributed by atoms with Crippen LogP contribution in [0.5, 0.6) is 0 Å². The second-order valence-corrected chi connectivity index (χ2v) is 7.68. The Bertz CT molecular complexity index is 1100. The molecule has 1 aliphatic heterocycles. The number of nitrogens with one attached hydrogen (secondary N) is 2. The summed E-state index contributed by atoms with van der Waals surface area (Å²) in [5.74, 6) is -0.957. The number of para-hydroxylation sites is 1. The topological polar surface area (TPSA) is 78.5 Å². The first kappa shape index (κ1) is 21.3. The molecule has 0 fully saturated rings. The van der Waals surface area contributed by atoms with Gasteiger partial charge in [-0.15, -0.1) is 0 Å². The fourth-order valence-electron chi connectivity index (χ4n) is 3.92. The normalized spacial score (nSPS) is 13.6. The minimum atomic E-state index is -0.844. The summed E-state index contributed by atoms with van der Waals surface area (Å²) in [6.45, 7) is 0.376. The number of carbonyl (C=O) groups is 3. The molecule has 0 aliphatic carbocycles. The largest absolute Gasteiger partial charge is 0.343 e. The van der Waals surface area contributed by atoms with E-state index < -0.39 is 11.9 Å². The number of hydrogen-bond acceptors (Lipinski definition) is 3. The number of aryl methyl sites for hydroxylation is 1. The summed E-state index contributed by atoms with van der Waals surface area (Å²) in [6.07, 6.45) is 1.79. The van der Waals surface area contributed by atoms with Crippen LogP contribution in [-0.2, 0) is 16.0 Å². The van der Waals surface area contributed by atoms with E-state index in [2.05, 4.69) is 10.6 Å². The lowest BCUT2D eigenvalue weighted by molar-refractivity contribution is -0.127. The van der Waals surface area contributed by atoms with E-state index in [0.29, 0.717) is 17.7 Å². The van der Waals surface area contributed by atoms with E-state index >= 15 is 0 Å². The SMILES string of the molecule is O=C(CNC(=O)c1ccccc1)N[C@@H](C(=O)N1CCCc2ccccc21)c1ccccc1. The molecule has 32 heavy (non-hydrogen) atoms. The first-order valence-electron chi connectivity index (χ1n) is 10.7. The Morgan fingerprint density at radius 1 is 0.844 bits per heavy atom. The second-order valence-electron chi connectivity index (χ2n) is 7.68. The zero-order valence-electron chi connectivity index (χ0n) is 17.7. The van der Waals surface area contributed by atoms with Crippen LogP contribution in [0.2, 0.25) is 0 Å². The van der Waals surface area contributed by atoms with Gasteiger partial charge in [0.25, 0.3) is 11.8 Å². The molecule has 1 aliphatic rings. The molecule has 0 saturated carbocycles. The molecule has 1 heterocycles. The summed E-state index contributed by atoms with van der Waals surface area (Å²) in [6, 6.07) is 24.9. The van der Waals surface area contributed by atoms with Crippen LogP contribution in [-0.4, -0.2) is 30.8 Å². The van der Waals surface area contributed by atoms with Crippen molar-refractivity contribution < 1.29 is 14.4 Å². The zero-order valence-corrected chi connectivity index (χ0v) is 17.7. The van der Waals surface area contributed by atoms with Gasteiger partial charge in [-0.3, -0.25) is 14.4 Å². The number of hydrogen-bond donors (Lipinski definition) is 2. The molecule has 0 bridgehead atoms. The van der Waals surface area contributed by atoms with Gasteiger partial charge in [-0.2, -0.15) is 0 Å². The molecule has 6 heteroatoms. The summed E-state index contributed by atoms with van der Waals surface area (Å²) in [7, 11) is 0. The molecule has 1 atom stereocenters. The van der Waals surface area contributed by atoms with Crippen LogP contribution < -0.4 is 15.5 Å². The van der Waals surface area contributed by atoms with Gasteiger partial charge in [0.2, 0.25) is 5.91 Å². The summed E-state index contributed by atoms with van der Waals surface area (Å²) in [5, 5.41) is 5.44. The van der Waals surface area contributed by atoms with Crippen LogP contribution in [0.1, 0.15) is 33.9 Å². The molecule has 0 saturated heterocycles. The third-order valence-electron chi connectivity index (χ3n) is 5.51. The van der Waals surface area contributed by atoms with Crippen LogP contribution >= 0.6 is 0 Å². The number of amides is 3. The van der Waals surface area contributed by atoms with Gasteiger partial charge in [-0.25, -0.2) is 0 Å². The second kappa shape index (κ2) is 9.92. The maximum atomic E-state index is 13.6. The maximum absolute atomic E-state index is 13.6. The van der Waals surface area contributed by atoms with Crippen molar-refractivity contribution in [3.05, 3.63) is 102 Å². The minimum absolute atomic E-state index is 0.189. The van der Waals surface area contributed by atoms with Gasteiger partial charge < -0.3 is 15.5 Å². The Balaban J connectivity index is 1.50. The number of fused-ring (bicyclic) bond motifs is 1. The zero-order chi connectivity index (χ0) is 22.3. The Kier molecular flexibility index (Phi) is 6.60. The summed E-state index contributed by atoms with van der Waals surface area (Å²) in [5.41, 5.74) is 3.18. The predicted molar refractivity (Wildman–Crippen MR) is 123 cm³/mol. The highest BCUT2D eigenvalue weighted by molar-refractivity contribution is 6.01. The molecule has 0 aromatic heterocycles. The van der Waals surface area contributed by atoms with Crippen molar-refractivity contribution in [1.29, 1.82) is 0 Å². The molecule has 2 N–H and O–H groups in total. The lowest BCUT2D eigenvalue weighted by atomic mass is 9.99. The Morgan fingerprint density at radius 3 is 2.25 bits per heavy atom. The van der Waals surface area contributed by atoms with E-state index in [4.69, 9.17) is 0 Å². The average molecular weight is 428 g/mol. The molecule has 0 spiro atoms. The summed E-state index contributed by atoms with van der Waals surface area (Å²) < 4.78 is 0. The van der Waals surface area contributed by atoms with Crippen molar-refractivity contribution in [3.8, 4) is 0 Å². The van der Waals surface area contributed by atoms with Gasteiger partial charge in [0.1, 0.15) is 6.04 Å². The van der Waals surface area contributed by atoms with E-state index in [1.54, 1.807) is 29.2 Å². The quantitative estimate of drug-likeness (QED) is 0.634. The van der Waals surface area contributed by atoms with Gasteiger partial charge >= 0.3 is 0 Å². The Hall–Kier alpha value is -3.93. The molecule has 0 unspecified atom stereocenters. The van der Waals surface area contributed by atoms with Crippen LogP contribution in [0.3, 0.4) is 0 Å². The third kappa shape index (κ3) is 4.86. The minimum Gasteiger partial charge on any atom is -0.343 e. The van der Waals surface area contributed by atoms with Gasteiger partial charge in [-0.05, 0) is 42.2 Å². The van der Waals surface area contributed by atoms with E-state index in [9.17, 15) is 14.4 Å². The highest BCUT2D eigenvalue weighted by Gasteiger charge is 2.30. The maximum Gasteiger partial charge on any atom is 0.254 e. The third-order valence-corrected chi connectivity index (χ3v) is 5.51. The molecule has 0 radical (unpaired) electrons. The van der Waals surface area contributed by atoms with Crippen LogP contribution in [0.25, 0.3) is 0 Å². The van der Waals surface area contributed by atoms with Crippen molar-refractivity contribution in [2.24, 2.45) is 0 Å². The highest BCUT2D eigenvalue weighted by atomic mass is 16.2. The fraction of sp³-hybridized carbons (Fsp3) is 0.192. The average Bonchev–Trinajstić information content (AvgIpc) is 2.86. The molecule has 4 rings (SSSR count). The molecule has 162 valence electrons. The molecule has 6 nitrogen and oxygen atoms in total. The molecule has 3 amide bonds. The van der Waals surface area contributed by atoms with E-state index in [1.165, 1.54) is 0 Å². The fourth-order valence-corrected chi connectivity index (χ4v) is 3.92. The monoisotopic (exact) mass is 427 g/mol. The van der Waals surface area contributed by atoms with Gasteiger partial charge in [0.15, 0.2) is 0 Å². The van der Waals surface area contributed by atoms with Crippen LogP contribution in [0.4, 0.5) is 5.69 Å². The lowest BCUT2D eigenvalue weighted by Gasteiger charge is -2.32. The van der Waals surface area contributed by atoms with Gasteiger partial charge in [0.05, 0.1) is 6.54 Å². The van der Waals surface area contributed by atoms with Crippen molar-refractivity contribution in [2.75, 3.05) is 18.0 Å². The van der Waals surface area contributed by atoms with Crippen molar-refractivity contribution in [2.45, 2.75) is 18.9 Å². The molecular weight excluding hydrogens is 402 g/mol. The Morgan fingerprint density at radius 2 is 1.50 bits per heavy atom. The first-order chi connectivity index (χ1) is 15.6. The Labute approximate surface area is 187 Å². The van der Waals surface area contributed by atoms with Crippen molar-refractivity contribution >= 4 is 23.4 Å². The highest BCUT2D eigenvalue weighted by Crippen LogP contribution is 2.29. The van der Waals surface area contributed by atoms with Gasteiger partial charge in [0, 0.05) is 17.8 Å². The molecule has 3 aromatic carbocycles. The predicted octanol–water partition coefficient (Wildman–Crippen LogP) is 3.25. The number of carbonyl (C=O) groups excluding carboxylic acids is 3. The number of rotatable bonds is 6. The number of benzene rings is 3. The smallest absolute Gasteiger partial charge is 0.254 e. The van der Waals surface area contributed by atoms with Gasteiger partial charge in [-0.1, -0.05) is 66.7 Å². The molecular formula is C26H25N3O3. The standard InChI is InChI=1S/C26H25N3O3/c30-23(18-27-25(31)21-13-5-2-6-14-21)28-24(20-11-3-1-4-12-20)26(32)29-17-9-15-19-10-7-8-16-22(19)29/h1-8,10-14,16,24H,9,15,17-18H2,(H,27,31)(H,28,30)/t24-/m1/s1. The number of anilines is 1. The van der Waals surface area contributed by atoms with Crippen LogP contribution in [0, 0.1) is 0 Å². The van der Waals surface area contributed by atoms with E-state index in [0.717, 1.165) is 24.1 Å². The number of nitrogens with zero attached hydrogens (tertiary/aromatic N) is 1. The van der Waals surface area contributed by atoms with E-state index in [-0.39, 0.29) is 18.4 Å². The summed E-state index contributed by atoms with van der Waals surface area (Å²) in [4.78, 5) is 40.3. The van der Waals surface area contributed by atoms with Crippen LogP contribution in [0.15, 0.2) is 84.9 Å². The van der Waals surface area contributed by atoms with Crippen molar-refractivity contribution in [3.63, 3.8) is 0 Å². The summed E-state index contributed by atoms with van der Waals surface area (Å²) >= 11 is 0. The lowest BCUT2D eigenvalue weighted by Crippen LogP contribution is -2.47.